The Bertz CT molecular complexity index is 2400. The molecule has 17 nitrogen and oxygen atoms in total. The molecule has 0 bridgehead atoms. The van der Waals surface area contributed by atoms with Crippen LogP contribution in [0.3, 0.4) is 0 Å². The average molecular weight is 823 g/mol. The van der Waals surface area contributed by atoms with Crippen molar-refractivity contribution in [2.24, 2.45) is 5.92 Å². The number of ether oxygens (including phenoxy) is 4. The van der Waals surface area contributed by atoms with E-state index in [1.807, 2.05) is 41.0 Å². The molecule has 2 aromatic heterocycles. The highest BCUT2D eigenvalue weighted by atomic mass is 35.5. The summed E-state index contributed by atoms with van der Waals surface area (Å²) in [7, 11) is 4.39. The third-order valence-corrected chi connectivity index (χ3v) is 10.8. The number of amides is 1. The number of carboxylic acid groups (broad SMARTS) is 1. The topological polar surface area (TPSA) is 212 Å². The van der Waals surface area contributed by atoms with Crippen LogP contribution >= 0.6 is 11.6 Å². The van der Waals surface area contributed by atoms with E-state index in [0.717, 1.165) is 11.3 Å². The number of hydrogen-bond acceptors (Lipinski definition) is 14. The summed E-state index contributed by atoms with van der Waals surface area (Å²) in [5.41, 5.74) is 1.37. The van der Waals surface area contributed by atoms with Gasteiger partial charge >= 0.3 is 12.1 Å². The first kappa shape index (κ1) is 41.8. The number of carbonyl (C=O) groups excluding carboxylic acids is 1. The number of halogens is 1. The van der Waals surface area contributed by atoms with Crippen molar-refractivity contribution in [1.29, 1.82) is 10.5 Å². The zero-order valence-corrected chi connectivity index (χ0v) is 33.9. The third kappa shape index (κ3) is 9.02. The van der Waals surface area contributed by atoms with Gasteiger partial charge in [0.15, 0.2) is 22.8 Å². The van der Waals surface area contributed by atoms with Gasteiger partial charge in [0, 0.05) is 38.1 Å². The molecule has 59 heavy (non-hydrogen) atoms. The van der Waals surface area contributed by atoms with Crippen LogP contribution < -0.4 is 29.9 Å². The molecule has 0 radical (unpaired) electrons. The molecular formula is C41H43ClN10O7. The van der Waals surface area contributed by atoms with Gasteiger partial charge in [-0.3, -0.25) is 0 Å². The molecule has 0 spiro atoms. The number of imidazole rings is 1. The maximum absolute atomic E-state index is 13.1. The highest BCUT2D eigenvalue weighted by molar-refractivity contribution is 6.36. The number of rotatable bonds is 15. The van der Waals surface area contributed by atoms with Gasteiger partial charge in [-0.25, -0.2) is 14.6 Å². The molecule has 3 heterocycles. The van der Waals surface area contributed by atoms with Gasteiger partial charge in [0.05, 0.1) is 62.2 Å². The molecule has 1 saturated heterocycles. The second kappa shape index (κ2) is 18.2. The lowest BCUT2D eigenvalue weighted by Gasteiger charge is -2.46. The van der Waals surface area contributed by atoms with Gasteiger partial charge in [0.25, 0.3) is 0 Å². The number of hydrogen-bond donors (Lipinski definition) is 3. The Morgan fingerprint density at radius 3 is 2.31 bits per heavy atom. The fourth-order valence-corrected chi connectivity index (χ4v) is 7.28. The lowest BCUT2D eigenvalue weighted by Crippen LogP contribution is -2.62. The van der Waals surface area contributed by atoms with E-state index in [-0.39, 0.29) is 47.5 Å². The molecule has 6 rings (SSSR count). The molecule has 3 atom stereocenters. The molecule has 18 heteroatoms. The van der Waals surface area contributed by atoms with Gasteiger partial charge in [-0.1, -0.05) is 35.9 Å². The lowest BCUT2D eigenvalue weighted by atomic mass is 9.78. The zero-order valence-electron chi connectivity index (χ0n) is 33.1. The normalized spacial score (nSPS) is 16.0. The number of nitrogens with zero attached hydrogens (tertiary/aromatic N) is 8. The fourth-order valence-electron chi connectivity index (χ4n) is 7.01. The number of methoxy groups -OCH3 is 3. The number of aliphatic carboxylic acids is 1. The van der Waals surface area contributed by atoms with E-state index >= 15 is 0 Å². The Kier molecular flexibility index (Phi) is 12.9. The van der Waals surface area contributed by atoms with Crippen molar-refractivity contribution in [3.8, 4) is 23.6 Å². The number of benzene rings is 3. The standard InChI is InChI=1S/C41H43ClN10O7/c1-6-50(22-25-7-11-29(56-3)12-8-25)37-36-45-21-28(20-44)52(36)49-39(48-37)46-33-17-27(19-43)18-34(35(33)42)51-16-15-32(47-40(55)58-5)31(23-51)41(2,38(53)54)59-24-26-9-13-30(57-4)14-10-26/h7-14,17-18,21,31-32H,6,15-16,22-24H2,1-5H3,(H,46,49)(H,47,55)(H,53,54)/t31-,32-,41+/m1/s1. The molecule has 0 unspecified atom stereocenters. The molecule has 3 aromatic carbocycles. The summed E-state index contributed by atoms with van der Waals surface area (Å²) in [4.78, 5) is 38.8. The minimum Gasteiger partial charge on any atom is -0.497 e. The Morgan fingerprint density at radius 2 is 1.71 bits per heavy atom. The molecule has 0 aliphatic carbocycles. The summed E-state index contributed by atoms with van der Waals surface area (Å²) in [6.45, 7) is 4.76. The largest absolute Gasteiger partial charge is 0.497 e. The number of aromatic nitrogens is 4. The summed E-state index contributed by atoms with van der Waals surface area (Å²) in [5.74, 6) is -0.195. The highest BCUT2D eigenvalue weighted by Crippen LogP contribution is 2.40. The second-order valence-electron chi connectivity index (χ2n) is 13.8. The van der Waals surface area contributed by atoms with E-state index in [9.17, 15) is 25.2 Å². The number of piperidine rings is 1. The number of fused-ring (bicyclic) bond motifs is 1. The lowest BCUT2D eigenvalue weighted by molar-refractivity contribution is -0.176. The first-order valence-corrected chi connectivity index (χ1v) is 19.0. The molecule has 306 valence electrons. The predicted molar refractivity (Wildman–Crippen MR) is 218 cm³/mol. The maximum atomic E-state index is 13.1. The van der Waals surface area contributed by atoms with Crippen LogP contribution in [-0.4, -0.2) is 89.4 Å². The van der Waals surface area contributed by atoms with Crippen LogP contribution in [0.25, 0.3) is 5.65 Å². The minimum atomic E-state index is -1.81. The molecule has 1 aliphatic heterocycles. The smallest absolute Gasteiger partial charge is 0.407 e. The van der Waals surface area contributed by atoms with Crippen molar-refractivity contribution in [2.75, 3.05) is 56.1 Å². The van der Waals surface area contributed by atoms with Crippen LogP contribution in [0.5, 0.6) is 11.5 Å². The molecule has 1 fully saturated rings. The van der Waals surface area contributed by atoms with Gasteiger partial charge in [0.2, 0.25) is 5.95 Å². The Morgan fingerprint density at radius 1 is 1.03 bits per heavy atom. The maximum Gasteiger partial charge on any atom is 0.407 e. The first-order valence-electron chi connectivity index (χ1n) is 18.6. The van der Waals surface area contributed by atoms with Gasteiger partial charge in [-0.15, -0.1) is 5.10 Å². The number of nitriles is 2. The number of anilines is 4. The van der Waals surface area contributed by atoms with E-state index in [0.29, 0.717) is 48.1 Å². The Balaban J connectivity index is 1.35. The van der Waals surface area contributed by atoms with Gasteiger partial charge in [-0.05, 0) is 67.8 Å². The summed E-state index contributed by atoms with van der Waals surface area (Å²) >= 11 is 7.16. The van der Waals surface area contributed by atoms with Gasteiger partial charge in [0.1, 0.15) is 17.6 Å². The Hall–Kier alpha value is -6.82. The minimum absolute atomic E-state index is 0.0424. The summed E-state index contributed by atoms with van der Waals surface area (Å²) in [6, 6.07) is 21.5. The van der Waals surface area contributed by atoms with Crippen molar-refractivity contribution in [3.63, 3.8) is 0 Å². The second-order valence-corrected chi connectivity index (χ2v) is 14.2. The van der Waals surface area contributed by atoms with E-state index in [2.05, 4.69) is 32.9 Å². The van der Waals surface area contributed by atoms with E-state index in [4.69, 9.17) is 35.5 Å². The molecule has 0 saturated carbocycles. The third-order valence-electron chi connectivity index (χ3n) is 10.4. The molecule has 3 N–H and O–H groups in total. The first-order chi connectivity index (χ1) is 28.4. The van der Waals surface area contributed by atoms with Crippen molar-refractivity contribution < 1.29 is 33.6 Å². The SMILES string of the molecule is CCN(Cc1ccc(OC)cc1)c1nc(Nc2cc(C#N)cc(N3CC[C@@H](NC(=O)OC)[C@H]([C@](C)(OCc4ccc(OC)cc4)C(=O)O)C3)c2Cl)nn2c(C#N)cnc12. The number of alkyl carbamates (subject to hydrolysis) is 1. The fraction of sp³-hybridized carbons (Fsp3) is 0.341. The van der Waals surface area contributed by atoms with E-state index in [1.54, 1.807) is 50.6 Å². The van der Waals surface area contributed by atoms with Crippen LogP contribution in [0, 0.1) is 28.6 Å². The van der Waals surface area contributed by atoms with Crippen molar-refractivity contribution in [3.05, 3.63) is 94.3 Å². The van der Waals surface area contributed by atoms with E-state index in [1.165, 1.54) is 24.7 Å². The van der Waals surface area contributed by atoms with Crippen LogP contribution in [-0.2, 0) is 27.4 Å². The van der Waals surface area contributed by atoms with Crippen LogP contribution in [0.4, 0.5) is 27.9 Å². The number of nitrogens with one attached hydrogen (secondary N) is 2. The molecule has 1 amide bonds. The van der Waals surface area contributed by atoms with Gasteiger partial charge in [-0.2, -0.15) is 20.0 Å². The van der Waals surface area contributed by atoms with Crippen LogP contribution in [0.15, 0.2) is 66.9 Å². The van der Waals surface area contributed by atoms with Crippen molar-refractivity contribution in [1.82, 2.24) is 24.9 Å². The quantitative estimate of drug-likeness (QED) is 0.112. The van der Waals surface area contributed by atoms with E-state index < -0.39 is 29.6 Å². The predicted octanol–water partition coefficient (Wildman–Crippen LogP) is 5.92. The summed E-state index contributed by atoms with van der Waals surface area (Å²) < 4.78 is 23.1. The molecule has 1 aliphatic rings. The average Bonchev–Trinajstić information content (AvgIpc) is 3.68. The van der Waals surface area contributed by atoms with Gasteiger partial charge < -0.3 is 44.5 Å². The summed E-state index contributed by atoms with van der Waals surface area (Å²) in [5, 5.41) is 41.5. The van der Waals surface area contributed by atoms with Crippen LogP contribution in [0.1, 0.15) is 42.7 Å². The number of carbonyl (C=O) groups is 2. The molecular weight excluding hydrogens is 780 g/mol. The van der Waals surface area contributed by atoms with Crippen LogP contribution in [0.2, 0.25) is 5.02 Å². The Labute approximate surface area is 345 Å². The van der Waals surface area contributed by atoms with Crippen molar-refractivity contribution in [2.45, 2.75) is 45.1 Å². The monoisotopic (exact) mass is 822 g/mol. The highest BCUT2D eigenvalue weighted by Gasteiger charge is 2.50. The zero-order chi connectivity index (χ0) is 42.3. The number of carboxylic acids is 1. The summed E-state index contributed by atoms with van der Waals surface area (Å²) in [6.07, 6.45) is 0.985. The van der Waals surface area contributed by atoms with Crippen molar-refractivity contribution >= 4 is 52.5 Å². The molecule has 5 aromatic rings.